The third kappa shape index (κ3) is 8.63. The van der Waals surface area contributed by atoms with E-state index in [1.54, 1.807) is 0 Å². The Hall–Kier alpha value is -8.52. The number of esters is 1. The van der Waals surface area contributed by atoms with Crippen LogP contribution in [0.1, 0.15) is 16.1 Å². The lowest BCUT2D eigenvalue weighted by Crippen LogP contribution is -2.81. The summed E-state index contributed by atoms with van der Waals surface area (Å²) in [5.41, 5.74) is -13.0. The van der Waals surface area contributed by atoms with Gasteiger partial charge in [-0.1, -0.05) is 54.6 Å². The maximum Gasteiger partial charge on any atom is 0.409 e. The molecule has 8 aromatic rings. The van der Waals surface area contributed by atoms with Crippen LogP contribution in [0.15, 0.2) is 91.1 Å². The van der Waals surface area contributed by atoms with Gasteiger partial charge in [0.1, 0.15) is 58.4 Å². The van der Waals surface area contributed by atoms with Crippen LogP contribution in [0.3, 0.4) is 0 Å². The fraction of sp³-hybridized carbons (Fsp3) is 0.0213. The van der Waals surface area contributed by atoms with Crippen molar-refractivity contribution in [1.82, 2.24) is 0 Å². The molecule has 27 heteroatoms. The molecule has 0 aliphatic rings. The first-order valence-corrected chi connectivity index (χ1v) is 20.0. The summed E-state index contributed by atoms with van der Waals surface area (Å²) in [7, 11) is 0. The number of non-ortho nitro benzene ring substituents is 1. The first-order chi connectivity index (χ1) is 34.8. The fourth-order valence-electron chi connectivity index (χ4n) is 8.09. The molecule has 7 aromatic carbocycles. The van der Waals surface area contributed by atoms with Gasteiger partial charge in [-0.15, -0.1) is 21.9 Å². The molecule has 0 saturated heterocycles. The second-order valence-electron chi connectivity index (χ2n) is 15.3. The molecular formula is C47H17BF20N2O4. The summed E-state index contributed by atoms with van der Waals surface area (Å²) in [6.45, 7) is 0.491. The number of fused-ring (bicyclic) bond motifs is 1. The molecule has 8 rings (SSSR count). The third-order valence-corrected chi connectivity index (χ3v) is 11.3. The Morgan fingerprint density at radius 2 is 0.797 bits per heavy atom. The summed E-state index contributed by atoms with van der Waals surface area (Å²) in [6, 6.07) is 24.9. The van der Waals surface area contributed by atoms with Crippen LogP contribution in [-0.4, -0.2) is 17.0 Å². The van der Waals surface area contributed by atoms with Crippen LogP contribution in [0.4, 0.5) is 93.5 Å². The molecule has 0 amide bonds. The number of ether oxygens (including phenoxy) is 1. The van der Waals surface area contributed by atoms with Gasteiger partial charge in [0, 0.05) is 17.7 Å². The van der Waals surface area contributed by atoms with Crippen molar-refractivity contribution in [3.8, 4) is 5.75 Å². The Bertz CT molecular complexity index is 3260. The molecule has 0 aliphatic heterocycles. The first kappa shape index (κ1) is 53.3. The number of rotatable bonds is 9. The van der Waals surface area contributed by atoms with Gasteiger partial charge in [0.2, 0.25) is 0 Å². The lowest BCUT2D eigenvalue weighted by molar-refractivity contribution is -0.689. The van der Waals surface area contributed by atoms with E-state index < -0.39 is 155 Å². The lowest BCUT2D eigenvalue weighted by atomic mass is 9.12. The van der Waals surface area contributed by atoms with E-state index in [9.17, 15) is 67.6 Å². The number of pyridine rings is 1. The minimum Gasteiger partial charge on any atom is -0.418 e. The van der Waals surface area contributed by atoms with Gasteiger partial charge in [-0.05, 0) is 17.5 Å². The van der Waals surface area contributed by atoms with E-state index in [1.807, 2.05) is 71.4 Å². The Labute approximate surface area is 398 Å². The minimum absolute atomic E-state index is 0.128. The second kappa shape index (κ2) is 20.2. The third-order valence-electron chi connectivity index (χ3n) is 11.3. The van der Waals surface area contributed by atoms with Crippen molar-refractivity contribution in [2.75, 3.05) is 0 Å². The van der Waals surface area contributed by atoms with Crippen molar-refractivity contribution in [3.63, 3.8) is 0 Å². The van der Waals surface area contributed by atoms with Crippen LogP contribution in [0.2, 0.25) is 0 Å². The van der Waals surface area contributed by atoms with Crippen molar-refractivity contribution in [3.05, 3.63) is 229 Å². The van der Waals surface area contributed by atoms with E-state index in [-0.39, 0.29) is 11.4 Å². The molecule has 0 atom stereocenters. The number of hydrogen-bond acceptors (Lipinski definition) is 4. The highest BCUT2D eigenvalue weighted by Gasteiger charge is 2.52. The van der Waals surface area contributed by atoms with Crippen molar-refractivity contribution in [2.45, 2.75) is 6.54 Å². The van der Waals surface area contributed by atoms with Gasteiger partial charge >= 0.3 is 5.97 Å². The zero-order valence-corrected chi connectivity index (χ0v) is 35.5. The van der Waals surface area contributed by atoms with Crippen molar-refractivity contribution < 1.29 is 107 Å². The molecule has 382 valence electrons. The molecule has 0 aliphatic carbocycles. The van der Waals surface area contributed by atoms with E-state index in [2.05, 4.69) is 0 Å². The van der Waals surface area contributed by atoms with Crippen LogP contribution in [0.5, 0.6) is 5.75 Å². The largest absolute Gasteiger partial charge is 0.418 e. The highest BCUT2D eigenvalue weighted by molar-refractivity contribution is 7.20. The highest BCUT2D eigenvalue weighted by atomic mass is 19.2. The Morgan fingerprint density at radius 3 is 1.18 bits per heavy atom. The zero-order valence-electron chi connectivity index (χ0n) is 35.5. The number of carbonyl (C=O) groups is 1. The van der Waals surface area contributed by atoms with Crippen molar-refractivity contribution in [1.29, 1.82) is 0 Å². The number of aromatic nitrogens is 1. The number of nitro benzene ring substituents is 1. The monoisotopic (exact) mass is 1060 g/mol. The van der Waals surface area contributed by atoms with Crippen LogP contribution < -0.4 is 31.2 Å². The summed E-state index contributed by atoms with van der Waals surface area (Å²) >= 11 is 0. The summed E-state index contributed by atoms with van der Waals surface area (Å²) < 4.78 is 301. The predicted molar refractivity (Wildman–Crippen MR) is 217 cm³/mol. The van der Waals surface area contributed by atoms with Gasteiger partial charge in [0.05, 0.1) is 16.4 Å². The number of benzene rings is 7. The molecule has 0 saturated carbocycles. The second-order valence-corrected chi connectivity index (χ2v) is 15.3. The lowest BCUT2D eigenvalue weighted by Gasteiger charge is -2.44. The van der Waals surface area contributed by atoms with Gasteiger partial charge in [-0.25, -0.2) is 92.6 Å². The smallest absolute Gasteiger partial charge is 0.409 e. The number of carbonyl (C=O) groups excluding carboxylic acids is 1. The molecule has 0 radical (unpaired) electrons. The van der Waals surface area contributed by atoms with Crippen molar-refractivity contribution in [2.24, 2.45) is 0 Å². The quantitative estimate of drug-likeness (QED) is 0.0166. The van der Waals surface area contributed by atoms with Crippen LogP contribution in [-0.2, 0) is 6.54 Å². The van der Waals surface area contributed by atoms with E-state index in [1.165, 1.54) is 24.3 Å². The Morgan fingerprint density at radius 1 is 0.446 bits per heavy atom. The molecule has 1 aromatic heterocycles. The van der Waals surface area contributed by atoms with Gasteiger partial charge in [0.15, 0.2) is 82.5 Å². The maximum absolute atomic E-state index is 15.4. The molecular weight excluding hydrogens is 1050 g/mol. The number of nitrogens with zero attached hydrogens (tertiary/aromatic N) is 2. The molecule has 0 N–H and O–H groups in total. The number of halogens is 20. The molecule has 74 heavy (non-hydrogen) atoms. The van der Waals surface area contributed by atoms with E-state index in [0.29, 0.717) is 12.2 Å². The Balaban J connectivity index is 0.000000237. The van der Waals surface area contributed by atoms with Crippen LogP contribution >= 0.6 is 0 Å². The molecule has 0 fully saturated rings. The summed E-state index contributed by atoms with van der Waals surface area (Å²) in [4.78, 5) is 23.6. The molecule has 0 bridgehead atoms. The topological polar surface area (TPSA) is 73.3 Å². The summed E-state index contributed by atoms with van der Waals surface area (Å²) in [5.74, 6) is -71.8. The summed E-state index contributed by atoms with van der Waals surface area (Å²) in [6.07, 6.45) is -5.37. The molecule has 0 unspecified atom stereocenters. The molecule has 6 nitrogen and oxygen atoms in total. The number of hydrogen-bond donors (Lipinski definition) is 0. The average molecular weight is 1060 g/mol. The van der Waals surface area contributed by atoms with E-state index in [4.69, 9.17) is 4.74 Å². The average Bonchev–Trinajstić information content (AvgIpc) is 3.39. The fourth-order valence-corrected chi connectivity index (χ4v) is 8.09. The number of nitro groups is 1. The predicted octanol–water partition coefficient (Wildman–Crippen LogP) is 10.1. The van der Waals surface area contributed by atoms with Gasteiger partial charge in [-0.3, -0.25) is 10.1 Å². The van der Waals surface area contributed by atoms with Gasteiger partial charge < -0.3 is 4.74 Å². The SMILES string of the molecule is Fc1c(F)c(F)c([B-](c2c(F)c(F)c(F)c(F)c2F)(c2c(F)c(F)c(F)c(F)c2F)c2c(F)c(F)c(F)c(F)c2F)c(F)c1F.O=C(Oc1cccc([N+](=O)[O-])c1)c1c2ccccc2cc[n+]1Cc1ccccc1. The van der Waals surface area contributed by atoms with Gasteiger partial charge in [0.25, 0.3) is 11.4 Å². The van der Waals surface area contributed by atoms with E-state index in [0.717, 1.165) is 16.3 Å². The Kier molecular flexibility index (Phi) is 14.5. The summed E-state index contributed by atoms with van der Waals surface area (Å²) in [5, 5.41) is 12.7. The zero-order chi connectivity index (χ0) is 54.6. The molecule has 0 spiro atoms. The maximum atomic E-state index is 15.4. The van der Waals surface area contributed by atoms with Crippen LogP contribution in [0.25, 0.3) is 10.8 Å². The van der Waals surface area contributed by atoms with Crippen molar-refractivity contribution >= 4 is 50.4 Å². The first-order valence-electron chi connectivity index (χ1n) is 20.0. The highest BCUT2D eigenvalue weighted by Crippen LogP contribution is 2.31. The van der Waals surface area contributed by atoms with Gasteiger partial charge in [-0.2, -0.15) is 4.57 Å². The van der Waals surface area contributed by atoms with E-state index >= 15 is 35.1 Å². The standard InChI is InChI=1S/C24BF20.C23H17N2O4/c26-5-1(6(27)14(35)21(42)13(5)34)25(2-7(28)15(36)22(43)16(37)8(2)29,3-9(30)17(38)23(44)18(39)10(3)31)4-11(32)19(40)24(45)20(41)12(4)33;26-23(29-20-11-6-10-19(15-20)25(27)28)22-21-12-5-4-9-18(21)13-14-24(22)16-17-7-2-1-3-8-17/h;1-15H,16H2/q-1;+1. The minimum atomic E-state index is -7.22. The van der Waals surface area contributed by atoms with Crippen LogP contribution in [0, 0.1) is 126 Å². The normalized spacial score (nSPS) is 11.5. The molecule has 1 heterocycles.